The molecule has 1 aromatic heterocycles. The van der Waals surface area contributed by atoms with Crippen molar-refractivity contribution in [3.05, 3.63) is 58.7 Å². The van der Waals surface area contributed by atoms with Crippen LogP contribution in [0.25, 0.3) is 0 Å². The molecule has 3 rings (SSSR count). The topological polar surface area (TPSA) is 48.5 Å². The van der Waals surface area contributed by atoms with E-state index >= 15 is 0 Å². The average Bonchev–Trinajstić information content (AvgIpc) is 2.63. The number of pyridine rings is 1. The van der Waals surface area contributed by atoms with Crippen molar-refractivity contribution >= 4 is 23.3 Å². The number of carbonyl (C=O) groups excluding carboxylic acids is 1. The highest BCUT2D eigenvalue weighted by atomic mass is 35.5. The van der Waals surface area contributed by atoms with Crippen LogP contribution < -0.4 is 10.2 Å². The highest BCUT2D eigenvalue weighted by Gasteiger charge is 2.21. The number of carbonyl (C=O) groups is 1. The molecule has 1 N–H and O–H groups in total. The van der Waals surface area contributed by atoms with Crippen molar-refractivity contribution in [2.45, 2.75) is 25.4 Å². The van der Waals surface area contributed by atoms with Crippen molar-refractivity contribution in [3.63, 3.8) is 0 Å². The number of amides is 1. The second kappa shape index (κ2) is 8.52. The normalized spacial score (nSPS) is 15.7. The molecule has 0 atom stereocenters. The summed E-state index contributed by atoms with van der Waals surface area (Å²) in [6.45, 7) is 2.94. The molecule has 0 spiro atoms. The number of hydrogen-bond acceptors (Lipinski definition) is 4. The second-order valence-corrected chi connectivity index (χ2v) is 7.33. The van der Waals surface area contributed by atoms with Gasteiger partial charge in [0.05, 0.1) is 0 Å². The number of hydrogen-bond donors (Lipinski definition) is 1. The standard InChI is InChI=1S/C20H25ClN4O/c1-24(2)19-13-16(12-18(21)23-19)20(26)22-17-8-10-25(11-9-17)14-15-6-4-3-5-7-15/h3-7,12-13,17H,8-11,14H2,1-2H3,(H,22,26). The number of piperidine rings is 1. The Bertz CT molecular complexity index is 743. The molecular formula is C20H25ClN4O. The van der Waals surface area contributed by atoms with Crippen LogP contribution in [-0.4, -0.2) is 49.0 Å². The Hall–Kier alpha value is -2.11. The van der Waals surface area contributed by atoms with E-state index in [9.17, 15) is 4.79 Å². The van der Waals surface area contributed by atoms with Crippen molar-refractivity contribution in [2.24, 2.45) is 0 Å². The molecule has 0 unspecified atom stereocenters. The van der Waals surface area contributed by atoms with Gasteiger partial charge in [0.2, 0.25) is 0 Å². The molecule has 0 radical (unpaired) electrons. The first-order valence-electron chi connectivity index (χ1n) is 8.93. The van der Waals surface area contributed by atoms with Gasteiger partial charge in [0.15, 0.2) is 0 Å². The first kappa shape index (κ1) is 18.7. The molecule has 1 amide bonds. The third kappa shape index (κ3) is 4.96. The zero-order chi connectivity index (χ0) is 18.5. The molecule has 26 heavy (non-hydrogen) atoms. The maximum atomic E-state index is 12.6. The lowest BCUT2D eigenvalue weighted by Crippen LogP contribution is -2.44. The van der Waals surface area contributed by atoms with Crippen molar-refractivity contribution in [2.75, 3.05) is 32.1 Å². The average molecular weight is 373 g/mol. The summed E-state index contributed by atoms with van der Waals surface area (Å²) in [5, 5.41) is 3.47. The van der Waals surface area contributed by atoms with E-state index in [-0.39, 0.29) is 11.9 Å². The molecule has 2 heterocycles. The van der Waals surface area contributed by atoms with Crippen LogP contribution in [0.5, 0.6) is 0 Å². The van der Waals surface area contributed by atoms with Crippen molar-refractivity contribution in [1.29, 1.82) is 0 Å². The van der Waals surface area contributed by atoms with Gasteiger partial charge < -0.3 is 10.2 Å². The number of anilines is 1. The molecule has 0 bridgehead atoms. The van der Waals surface area contributed by atoms with Gasteiger partial charge in [-0.25, -0.2) is 4.98 Å². The summed E-state index contributed by atoms with van der Waals surface area (Å²) in [7, 11) is 3.76. The van der Waals surface area contributed by atoms with Crippen LogP contribution in [0.1, 0.15) is 28.8 Å². The smallest absolute Gasteiger partial charge is 0.251 e. The molecule has 1 aliphatic rings. The molecule has 0 saturated carbocycles. The largest absolute Gasteiger partial charge is 0.363 e. The van der Waals surface area contributed by atoms with E-state index in [1.54, 1.807) is 12.1 Å². The molecule has 1 fully saturated rings. The van der Waals surface area contributed by atoms with Gasteiger partial charge >= 0.3 is 0 Å². The third-order valence-electron chi connectivity index (χ3n) is 4.67. The Morgan fingerprint density at radius 2 is 1.92 bits per heavy atom. The SMILES string of the molecule is CN(C)c1cc(C(=O)NC2CCN(Cc3ccccc3)CC2)cc(Cl)n1. The summed E-state index contributed by atoms with van der Waals surface area (Å²) in [5.74, 6) is 0.597. The van der Waals surface area contributed by atoms with Gasteiger partial charge in [-0.2, -0.15) is 0 Å². The number of nitrogens with zero attached hydrogens (tertiary/aromatic N) is 3. The van der Waals surface area contributed by atoms with Gasteiger partial charge in [-0.15, -0.1) is 0 Å². The van der Waals surface area contributed by atoms with E-state index in [0.29, 0.717) is 16.5 Å². The van der Waals surface area contributed by atoms with Crippen LogP contribution in [0.2, 0.25) is 5.15 Å². The molecule has 0 aliphatic carbocycles. The van der Waals surface area contributed by atoms with Crippen LogP contribution in [-0.2, 0) is 6.54 Å². The minimum atomic E-state index is -0.0843. The summed E-state index contributed by atoms with van der Waals surface area (Å²) < 4.78 is 0. The number of likely N-dealkylation sites (tertiary alicyclic amines) is 1. The van der Waals surface area contributed by atoms with E-state index in [0.717, 1.165) is 32.5 Å². The molecule has 2 aromatic rings. The third-order valence-corrected chi connectivity index (χ3v) is 4.87. The van der Waals surface area contributed by atoms with E-state index in [4.69, 9.17) is 11.6 Å². The van der Waals surface area contributed by atoms with Gasteiger partial charge in [0.1, 0.15) is 11.0 Å². The summed E-state index contributed by atoms with van der Waals surface area (Å²) in [6, 6.07) is 14.1. The minimum absolute atomic E-state index is 0.0843. The van der Waals surface area contributed by atoms with Crippen LogP contribution in [0.3, 0.4) is 0 Å². The number of aromatic nitrogens is 1. The van der Waals surface area contributed by atoms with Crippen molar-refractivity contribution in [1.82, 2.24) is 15.2 Å². The van der Waals surface area contributed by atoms with Crippen LogP contribution in [0, 0.1) is 0 Å². The fourth-order valence-electron chi connectivity index (χ4n) is 3.19. The summed E-state index contributed by atoms with van der Waals surface area (Å²) in [5.41, 5.74) is 1.89. The van der Waals surface area contributed by atoms with Gasteiger partial charge in [0, 0.05) is 45.3 Å². The first-order chi connectivity index (χ1) is 12.5. The van der Waals surface area contributed by atoms with Gasteiger partial charge in [-0.05, 0) is 30.5 Å². The zero-order valence-electron chi connectivity index (χ0n) is 15.3. The molecule has 5 nitrogen and oxygen atoms in total. The van der Waals surface area contributed by atoms with Crippen molar-refractivity contribution in [3.8, 4) is 0 Å². The van der Waals surface area contributed by atoms with Crippen LogP contribution in [0.4, 0.5) is 5.82 Å². The Balaban J connectivity index is 1.53. The van der Waals surface area contributed by atoms with Crippen molar-refractivity contribution < 1.29 is 4.79 Å². The minimum Gasteiger partial charge on any atom is -0.363 e. The Morgan fingerprint density at radius 1 is 1.23 bits per heavy atom. The van der Waals surface area contributed by atoms with Crippen LogP contribution >= 0.6 is 11.6 Å². The predicted octanol–water partition coefficient (Wildman–Crippen LogP) is 3.20. The monoisotopic (exact) mass is 372 g/mol. The van der Waals surface area contributed by atoms with Gasteiger partial charge in [-0.3, -0.25) is 9.69 Å². The zero-order valence-corrected chi connectivity index (χ0v) is 16.0. The molecule has 1 aromatic carbocycles. The van der Waals surface area contributed by atoms with E-state index < -0.39 is 0 Å². The number of nitrogens with one attached hydrogen (secondary N) is 1. The fourth-order valence-corrected chi connectivity index (χ4v) is 3.39. The quantitative estimate of drug-likeness (QED) is 0.819. The van der Waals surface area contributed by atoms with Gasteiger partial charge in [-0.1, -0.05) is 41.9 Å². The molecular weight excluding hydrogens is 348 g/mol. The Kier molecular flexibility index (Phi) is 6.12. The molecule has 6 heteroatoms. The van der Waals surface area contributed by atoms with Gasteiger partial charge in [0.25, 0.3) is 5.91 Å². The number of halogens is 1. The summed E-state index contributed by atoms with van der Waals surface area (Å²) >= 11 is 6.05. The van der Waals surface area contributed by atoms with E-state index in [1.807, 2.05) is 25.1 Å². The second-order valence-electron chi connectivity index (χ2n) is 6.94. The summed E-state index contributed by atoms with van der Waals surface area (Å²) in [4.78, 5) is 21.1. The number of rotatable bonds is 5. The first-order valence-corrected chi connectivity index (χ1v) is 9.31. The lowest BCUT2D eigenvalue weighted by molar-refractivity contribution is 0.0909. The Morgan fingerprint density at radius 3 is 2.58 bits per heavy atom. The van der Waals surface area contributed by atoms with E-state index in [2.05, 4.69) is 39.5 Å². The fraction of sp³-hybridized carbons (Fsp3) is 0.400. The maximum absolute atomic E-state index is 12.6. The highest BCUT2D eigenvalue weighted by Crippen LogP contribution is 2.18. The molecule has 1 aliphatic heterocycles. The highest BCUT2D eigenvalue weighted by molar-refractivity contribution is 6.29. The van der Waals surface area contributed by atoms with E-state index in [1.165, 1.54) is 5.56 Å². The lowest BCUT2D eigenvalue weighted by Gasteiger charge is -2.32. The molecule has 138 valence electrons. The predicted molar refractivity (Wildman–Crippen MR) is 106 cm³/mol. The summed E-state index contributed by atoms with van der Waals surface area (Å²) in [6.07, 6.45) is 1.91. The lowest BCUT2D eigenvalue weighted by atomic mass is 10.0. The Labute approximate surface area is 160 Å². The maximum Gasteiger partial charge on any atom is 0.251 e. The number of benzene rings is 1. The molecule has 1 saturated heterocycles. The van der Waals surface area contributed by atoms with Crippen LogP contribution in [0.15, 0.2) is 42.5 Å².